The van der Waals surface area contributed by atoms with E-state index in [1.165, 1.54) is 30.0 Å². The number of aromatic nitrogens is 3. The molecule has 0 radical (unpaired) electrons. The van der Waals surface area contributed by atoms with Crippen LogP contribution >= 0.6 is 11.8 Å². The highest BCUT2D eigenvalue weighted by Gasteiger charge is 2.22. The Kier molecular flexibility index (Phi) is 8.25. The molecule has 2 aromatic carbocycles. The molecular formula is C22H28N6O3S2. The molecule has 0 aliphatic heterocycles. The molecule has 0 fully saturated rings. The summed E-state index contributed by atoms with van der Waals surface area (Å²) in [6.45, 7) is 2.69. The standard InChI is InChI=1S/C22H28N6O3S2/c1-4-19(27(2)3)21-25-26-22(28(21)14-16-9-6-5-7-10-16)32-15-20(29)24-17-11-8-12-18(13-17)33(23,30)31/h5-13,19H,4,14-15H2,1-3H3,(H,24,29)(H2,23,30,31)/t19-/m0/s1. The van der Waals surface area contributed by atoms with E-state index in [1.807, 2.05) is 49.0 Å². The summed E-state index contributed by atoms with van der Waals surface area (Å²) in [5, 5.41) is 17.3. The fourth-order valence-corrected chi connectivity index (χ4v) is 4.73. The lowest BCUT2D eigenvalue weighted by atomic mass is 10.2. The number of nitrogens with one attached hydrogen (secondary N) is 1. The van der Waals surface area contributed by atoms with Crippen LogP contribution in [0, 0.1) is 0 Å². The SMILES string of the molecule is CC[C@@H](c1nnc(SCC(=O)Nc2cccc(S(N)(=O)=O)c2)n1Cc1ccccc1)N(C)C. The normalized spacial score (nSPS) is 12.6. The highest BCUT2D eigenvalue weighted by molar-refractivity contribution is 7.99. The van der Waals surface area contributed by atoms with Crippen molar-refractivity contribution >= 4 is 33.4 Å². The van der Waals surface area contributed by atoms with Gasteiger partial charge in [0.25, 0.3) is 0 Å². The number of primary sulfonamides is 1. The first kappa shape index (κ1) is 24.9. The van der Waals surface area contributed by atoms with E-state index in [1.54, 1.807) is 6.07 Å². The Labute approximate surface area is 198 Å². The molecule has 0 aliphatic rings. The van der Waals surface area contributed by atoms with Gasteiger partial charge in [-0.25, -0.2) is 13.6 Å². The highest BCUT2D eigenvalue weighted by Crippen LogP contribution is 2.26. The first-order valence-electron chi connectivity index (χ1n) is 10.4. The van der Waals surface area contributed by atoms with Crippen molar-refractivity contribution in [2.75, 3.05) is 25.2 Å². The van der Waals surface area contributed by atoms with Crippen molar-refractivity contribution in [1.82, 2.24) is 19.7 Å². The van der Waals surface area contributed by atoms with E-state index in [0.29, 0.717) is 17.4 Å². The van der Waals surface area contributed by atoms with Gasteiger partial charge in [0, 0.05) is 5.69 Å². The quantitative estimate of drug-likeness (QED) is 0.421. The number of amides is 1. The number of hydrogen-bond acceptors (Lipinski definition) is 7. The van der Waals surface area contributed by atoms with Gasteiger partial charge in [0.05, 0.1) is 23.2 Å². The van der Waals surface area contributed by atoms with Crippen molar-refractivity contribution in [1.29, 1.82) is 0 Å². The number of carbonyl (C=O) groups is 1. The van der Waals surface area contributed by atoms with Gasteiger partial charge >= 0.3 is 0 Å². The third-order valence-corrected chi connectivity index (χ3v) is 6.89. The van der Waals surface area contributed by atoms with Crippen LogP contribution in [-0.2, 0) is 21.4 Å². The summed E-state index contributed by atoms with van der Waals surface area (Å²) >= 11 is 1.28. The number of nitrogens with two attached hydrogens (primary N) is 1. The summed E-state index contributed by atoms with van der Waals surface area (Å²) in [6, 6.07) is 15.9. The molecule has 9 nitrogen and oxygen atoms in total. The number of anilines is 1. The average Bonchev–Trinajstić information content (AvgIpc) is 3.15. The third kappa shape index (κ3) is 6.64. The van der Waals surface area contributed by atoms with Crippen molar-refractivity contribution in [2.45, 2.75) is 36.0 Å². The molecule has 3 rings (SSSR count). The summed E-state index contributed by atoms with van der Waals surface area (Å²) in [6.07, 6.45) is 0.867. The number of benzene rings is 2. The molecule has 3 aromatic rings. The summed E-state index contributed by atoms with van der Waals surface area (Å²) in [7, 11) is 0.162. The Hall–Kier alpha value is -2.73. The van der Waals surface area contributed by atoms with Crippen molar-refractivity contribution < 1.29 is 13.2 Å². The van der Waals surface area contributed by atoms with E-state index in [9.17, 15) is 13.2 Å². The molecule has 1 aromatic heterocycles. The number of sulfonamides is 1. The molecule has 0 spiro atoms. The third-order valence-electron chi connectivity index (χ3n) is 5.02. The Bertz CT molecular complexity index is 1200. The number of nitrogens with zero attached hydrogens (tertiary/aromatic N) is 4. The Balaban J connectivity index is 1.77. The molecular weight excluding hydrogens is 460 g/mol. The van der Waals surface area contributed by atoms with Gasteiger partial charge in [-0.15, -0.1) is 10.2 Å². The number of thioether (sulfide) groups is 1. The monoisotopic (exact) mass is 488 g/mol. The lowest BCUT2D eigenvalue weighted by Crippen LogP contribution is -2.23. The van der Waals surface area contributed by atoms with Gasteiger partial charge in [0.1, 0.15) is 0 Å². The van der Waals surface area contributed by atoms with Gasteiger partial charge in [-0.3, -0.25) is 9.69 Å². The number of rotatable bonds is 10. The molecule has 0 bridgehead atoms. The zero-order valence-electron chi connectivity index (χ0n) is 18.8. The fourth-order valence-electron chi connectivity index (χ4n) is 3.42. The molecule has 1 atom stereocenters. The van der Waals surface area contributed by atoms with Crippen molar-refractivity contribution in [2.24, 2.45) is 5.14 Å². The second kappa shape index (κ2) is 10.9. The smallest absolute Gasteiger partial charge is 0.238 e. The van der Waals surface area contributed by atoms with Crippen molar-refractivity contribution in [3.8, 4) is 0 Å². The van der Waals surface area contributed by atoms with Crippen LogP contribution in [0.2, 0.25) is 0 Å². The van der Waals surface area contributed by atoms with Crippen LogP contribution in [-0.4, -0.2) is 53.8 Å². The van der Waals surface area contributed by atoms with Crippen LogP contribution in [0.15, 0.2) is 64.6 Å². The highest BCUT2D eigenvalue weighted by atomic mass is 32.2. The summed E-state index contributed by atoms with van der Waals surface area (Å²) in [5.41, 5.74) is 1.47. The Morgan fingerprint density at radius 2 is 1.88 bits per heavy atom. The van der Waals surface area contributed by atoms with E-state index < -0.39 is 10.0 Å². The van der Waals surface area contributed by atoms with Crippen molar-refractivity contribution in [3.05, 3.63) is 66.0 Å². The van der Waals surface area contributed by atoms with Gasteiger partial charge in [-0.2, -0.15) is 0 Å². The summed E-state index contributed by atoms with van der Waals surface area (Å²) in [4.78, 5) is 14.6. The van der Waals surface area contributed by atoms with Gasteiger partial charge in [0.2, 0.25) is 15.9 Å². The van der Waals surface area contributed by atoms with Gasteiger partial charge < -0.3 is 9.88 Å². The van der Waals surface area contributed by atoms with E-state index in [2.05, 4.69) is 27.3 Å². The lowest BCUT2D eigenvalue weighted by Gasteiger charge is -2.23. The molecule has 0 unspecified atom stereocenters. The molecule has 33 heavy (non-hydrogen) atoms. The average molecular weight is 489 g/mol. The van der Waals surface area contributed by atoms with Crippen LogP contribution in [0.4, 0.5) is 5.69 Å². The van der Waals surface area contributed by atoms with E-state index in [0.717, 1.165) is 17.8 Å². The van der Waals surface area contributed by atoms with Gasteiger partial charge in [-0.1, -0.05) is 55.1 Å². The molecule has 0 saturated carbocycles. The van der Waals surface area contributed by atoms with Crippen LogP contribution in [0.25, 0.3) is 0 Å². The molecule has 0 saturated heterocycles. The topological polar surface area (TPSA) is 123 Å². The van der Waals surface area contributed by atoms with Crippen molar-refractivity contribution in [3.63, 3.8) is 0 Å². The second-order valence-electron chi connectivity index (χ2n) is 7.71. The van der Waals surface area contributed by atoms with Crippen LogP contribution in [0.1, 0.15) is 30.8 Å². The Morgan fingerprint density at radius 3 is 2.52 bits per heavy atom. The van der Waals surface area contributed by atoms with Crippen LogP contribution < -0.4 is 10.5 Å². The summed E-state index contributed by atoms with van der Waals surface area (Å²) in [5.74, 6) is 0.641. The minimum Gasteiger partial charge on any atom is -0.325 e. The van der Waals surface area contributed by atoms with E-state index in [-0.39, 0.29) is 22.6 Å². The maximum Gasteiger partial charge on any atom is 0.238 e. The maximum atomic E-state index is 12.5. The molecule has 0 aliphatic carbocycles. The molecule has 1 heterocycles. The fraction of sp³-hybridized carbons (Fsp3) is 0.318. The minimum absolute atomic E-state index is 0.0607. The minimum atomic E-state index is -3.85. The molecule has 1 amide bonds. The lowest BCUT2D eigenvalue weighted by molar-refractivity contribution is -0.113. The molecule has 3 N–H and O–H groups in total. The van der Waals surface area contributed by atoms with E-state index >= 15 is 0 Å². The van der Waals surface area contributed by atoms with Gasteiger partial charge in [-0.05, 0) is 44.3 Å². The molecule has 11 heteroatoms. The predicted molar refractivity (Wildman–Crippen MR) is 129 cm³/mol. The maximum absolute atomic E-state index is 12.5. The largest absolute Gasteiger partial charge is 0.325 e. The van der Waals surface area contributed by atoms with Crippen LogP contribution in [0.5, 0.6) is 0 Å². The number of hydrogen-bond donors (Lipinski definition) is 2. The number of carbonyl (C=O) groups excluding carboxylic acids is 1. The Morgan fingerprint density at radius 1 is 1.15 bits per heavy atom. The van der Waals surface area contributed by atoms with Gasteiger partial charge in [0.15, 0.2) is 11.0 Å². The van der Waals surface area contributed by atoms with E-state index in [4.69, 9.17) is 5.14 Å². The zero-order chi connectivity index (χ0) is 24.0. The van der Waals surface area contributed by atoms with Crippen LogP contribution in [0.3, 0.4) is 0 Å². The predicted octanol–water partition coefficient (Wildman–Crippen LogP) is 2.72. The second-order valence-corrected chi connectivity index (χ2v) is 10.2. The molecule has 176 valence electrons. The first-order chi connectivity index (χ1) is 15.7. The zero-order valence-corrected chi connectivity index (χ0v) is 20.4. The first-order valence-corrected chi connectivity index (χ1v) is 12.9. The summed E-state index contributed by atoms with van der Waals surface area (Å²) < 4.78 is 25.1.